The van der Waals surface area contributed by atoms with Crippen LogP contribution in [0.15, 0.2) is 48.0 Å². The zero-order valence-electron chi connectivity index (χ0n) is 18.7. The fourth-order valence-electron chi connectivity index (χ4n) is 3.02. The second kappa shape index (κ2) is 13.0. The van der Waals surface area contributed by atoms with Crippen molar-refractivity contribution >= 4 is 48.2 Å². The van der Waals surface area contributed by atoms with Crippen LogP contribution in [0.4, 0.5) is 0 Å². The summed E-state index contributed by atoms with van der Waals surface area (Å²) >= 11 is 12.6. The first-order chi connectivity index (χ1) is 16.1. The van der Waals surface area contributed by atoms with Gasteiger partial charge in [0.1, 0.15) is 11.6 Å². The van der Waals surface area contributed by atoms with E-state index in [1.165, 1.54) is 31.1 Å². The second-order valence-corrected chi connectivity index (χ2v) is 8.28. The first-order valence-corrected chi connectivity index (χ1v) is 11.0. The lowest BCUT2D eigenvalue weighted by Gasteiger charge is -2.19. The molecule has 0 spiro atoms. The molecule has 0 radical (unpaired) electrons. The molecule has 0 fully saturated rings. The number of rotatable bonds is 10. The summed E-state index contributed by atoms with van der Waals surface area (Å²) in [5, 5.41) is 31.1. The first-order valence-electron chi connectivity index (χ1n) is 10.3. The van der Waals surface area contributed by atoms with E-state index in [-0.39, 0.29) is 46.6 Å². The van der Waals surface area contributed by atoms with E-state index in [0.29, 0.717) is 5.56 Å². The zero-order chi connectivity index (χ0) is 25.3. The first kappa shape index (κ1) is 27.2. The number of hydrogen-bond donors (Lipinski definition) is 3. The van der Waals surface area contributed by atoms with Gasteiger partial charge in [-0.05, 0) is 23.3 Å². The van der Waals surface area contributed by atoms with E-state index in [1.54, 1.807) is 30.3 Å². The highest BCUT2D eigenvalue weighted by Gasteiger charge is 2.21. The zero-order valence-corrected chi connectivity index (χ0v) is 20.2. The summed E-state index contributed by atoms with van der Waals surface area (Å²) in [4.78, 5) is 25.8. The van der Waals surface area contributed by atoms with Crippen LogP contribution in [0, 0.1) is 11.3 Å². The molecule has 178 valence electrons. The van der Waals surface area contributed by atoms with E-state index >= 15 is 0 Å². The van der Waals surface area contributed by atoms with Crippen molar-refractivity contribution in [2.24, 2.45) is 0 Å². The van der Waals surface area contributed by atoms with Crippen molar-refractivity contribution < 1.29 is 24.4 Å². The maximum atomic E-state index is 12.5. The van der Waals surface area contributed by atoms with Gasteiger partial charge in [-0.3, -0.25) is 9.59 Å². The third-order valence-electron chi connectivity index (χ3n) is 4.70. The summed E-state index contributed by atoms with van der Waals surface area (Å²) in [6.07, 6.45) is 1.21. The number of likely N-dealkylation sites (N-methyl/N-ethyl adjacent to an activating group) is 1. The quantitative estimate of drug-likeness (QED) is 0.260. The molecule has 0 aliphatic heterocycles. The number of carbonyl (C=O) groups is 2. The third-order valence-corrected chi connectivity index (χ3v) is 5.38. The number of nitrogens with one attached hydrogen (secondary N) is 1. The van der Waals surface area contributed by atoms with Gasteiger partial charge in [0.25, 0.3) is 5.91 Å². The van der Waals surface area contributed by atoms with Crippen LogP contribution in [-0.2, 0) is 9.59 Å². The van der Waals surface area contributed by atoms with Gasteiger partial charge in [0, 0.05) is 20.4 Å². The smallest absolute Gasteiger partial charge is 0.453 e. The van der Waals surface area contributed by atoms with Gasteiger partial charge in [-0.1, -0.05) is 59.6 Å². The number of ether oxygens (including phenoxy) is 1. The number of carbonyl (C=O) groups excluding carboxylic acids is 2. The number of benzene rings is 2. The number of amides is 2. The van der Waals surface area contributed by atoms with Gasteiger partial charge < -0.3 is 25.0 Å². The third kappa shape index (κ3) is 7.78. The lowest BCUT2D eigenvalue weighted by molar-refractivity contribution is -0.124. The van der Waals surface area contributed by atoms with Gasteiger partial charge in [0.05, 0.1) is 29.1 Å². The van der Waals surface area contributed by atoms with Crippen LogP contribution >= 0.6 is 23.2 Å². The largest absolute Gasteiger partial charge is 0.490 e. The molecule has 0 bridgehead atoms. The molecular formula is C23H24BCl2N3O5. The second-order valence-electron chi connectivity index (χ2n) is 7.49. The molecule has 0 heterocycles. The lowest BCUT2D eigenvalue weighted by atomic mass is 9.79. The Labute approximate surface area is 208 Å². The minimum absolute atomic E-state index is 0.0554. The van der Waals surface area contributed by atoms with Gasteiger partial charge in [-0.25, -0.2) is 0 Å². The van der Waals surface area contributed by atoms with E-state index in [2.05, 4.69) is 5.32 Å². The Morgan fingerprint density at radius 2 is 1.88 bits per heavy atom. The van der Waals surface area contributed by atoms with Gasteiger partial charge in [0.15, 0.2) is 5.75 Å². The molecule has 11 heteroatoms. The summed E-state index contributed by atoms with van der Waals surface area (Å²) < 4.78 is 5.64. The molecule has 2 aromatic rings. The summed E-state index contributed by atoms with van der Waals surface area (Å²) in [5.74, 6) is -0.736. The topological polar surface area (TPSA) is 123 Å². The molecule has 34 heavy (non-hydrogen) atoms. The van der Waals surface area contributed by atoms with Crippen molar-refractivity contribution in [3.8, 4) is 11.8 Å². The van der Waals surface area contributed by atoms with Gasteiger partial charge in [0.2, 0.25) is 5.91 Å². The summed E-state index contributed by atoms with van der Waals surface area (Å²) in [6, 6.07) is 13.3. The normalized spacial score (nSPS) is 11.9. The molecule has 3 N–H and O–H groups in total. The Morgan fingerprint density at radius 3 is 2.47 bits per heavy atom. The number of halogens is 2. The molecule has 0 unspecified atom stereocenters. The molecule has 2 aromatic carbocycles. The summed E-state index contributed by atoms with van der Waals surface area (Å²) in [7, 11) is 1.47. The molecule has 0 aromatic heterocycles. The number of hydrogen-bond acceptors (Lipinski definition) is 6. The van der Waals surface area contributed by atoms with Gasteiger partial charge in [-0.15, -0.1) is 0 Å². The van der Waals surface area contributed by atoms with Crippen molar-refractivity contribution in [1.29, 1.82) is 5.26 Å². The van der Waals surface area contributed by atoms with Crippen LogP contribution in [-0.4, -0.2) is 54.6 Å². The van der Waals surface area contributed by atoms with Crippen LogP contribution in [0.2, 0.25) is 16.4 Å². The fourth-order valence-corrected chi connectivity index (χ4v) is 3.55. The van der Waals surface area contributed by atoms with Gasteiger partial charge in [-0.2, -0.15) is 5.26 Å². The lowest BCUT2D eigenvalue weighted by Crippen LogP contribution is -2.32. The predicted octanol–water partition coefficient (Wildman–Crippen LogP) is 3.09. The molecule has 2 amide bonds. The van der Waals surface area contributed by atoms with Crippen molar-refractivity contribution in [2.45, 2.75) is 18.8 Å². The van der Waals surface area contributed by atoms with Crippen molar-refractivity contribution in [3.05, 3.63) is 69.2 Å². The van der Waals surface area contributed by atoms with Crippen molar-refractivity contribution in [1.82, 2.24) is 10.2 Å². The summed E-state index contributed by atoms with van der Waals surface area (Å²) in [6.45, 7) is -0.0661. The van der Waals surface area contributed by atoms with E-state index < -0.39 is 19.1 Å². The number of nitrogens with zero attached hydrogens (tertiary/aromatic N) is 2. The maximum Gasteiger partial charge on any atom is 0.453 e. The maximum absolute atomic E-state index is 12.5. The molecule has 0 saturated heterocycles. The van der Waals surface area contributed by atoms with Gasteiger partial charge >= 0.3 is 7.12 Å². The fraction of sp³-hybridized carbons (Fsp3) is 0.261. The average Bonchev–Trinajstić information content (AvgIpc) is 2.80. The van der Waals surface area contributed by atoms with Crippen LogP contribution in [0.5, 0.6) is 5.75 Å². The molecule has 2 rings (SSSR count). The monoisotopic (exact) mass is 503 g/mol. The van der Waals surface area contributed by atoms with E-state index in [0.717, 1.165) is 5.56 Å². The van der Waals surface area contributed by atoms with Crippen LogP contribution < -0.4 is 10.1 Å². The van der Waals surface area contributed by atoms with Crippen LogP contribution in [0.1, 0.15) is 23.6 Å². The SMILES string of the molecule is CN(C)C(=O)C(C#N)=Cc1ccc(Cl)c(OCCC(=O)N[C@@H](CB(O)O)c2ccccc2)c1Cl. The highest BCUT2D eigenvalue weighted by molar-refractivity contribution is 6.41. The predicted molar refractivity (Wildman–Crippen MR) is 131 cm³/mol. The van der Waals surface area contributed by atoms with E-state index in [1.807, 2.05) is 12.1 Å². The Balaban J connectivity index is 2.09. The molecule has 1 atom stereocenters. The van der Waals surface area contributed by atoms with Crippen molar-refractivity contribution in [2.75, 3.05) is 20.7 Å². The van der Waals surface area contributed by atoms with E-state index in [9.17, 15) is 24.9 Å². The molecule has 0 aliphatic carbocycles. The number of nitriles is 1. The average molecular weight is 504 g/mol. The Morgan fingerprint density at radius 1 is 1.21 bits per heavy atom. The highest BCUT2D eigenvalue weighted by atomic mass is 35.5. The standard InChI is InChI=1S/C23H24BCl2N3O5/c1-29(2)23(31)17(14-27)12-16-8-9-18(25)22(21(16)26)34-11-10-20(30)28-19(13-24(32)33)15-6-4-3-5-7-15/h3-9,12,19,32-33H,10-11,13H2,1-2H3,(H,28,30)/t19-/m0/s1. The molecule has 0 saturated carbocycles. The van der Waals surface area contributed by atoms with Crippen LogP contribution in [0.25, 0.3) is 6.08 Å². The van der Waals surface area contributed by atoms with E-state index in [4.69, 9.17) is 27.9 Å². The molecular weight excluding hydrogens is 480 g/mol. The molecule has 8 nitrogen and oxygen atoms in total. The van der Waals surface area contributed by atoms with Crippen molar-refractivity contribution in [3.63, 3.8) is 0 Å². The van der Waals surface area contributed by atoms with Crippen LogP contribution in [0.3, 0.4) is 0 Å². The molecule has 0 aliphatic rings. The highest BCUT2D eigenvalue weighted by Crippen LogP contribution is 2.36. The minimum Gasteiger partial charge on any atom is -0.490 e. The summed E-state index contributed by atoms with van der Waals surface area (Å²) in [5.41, 5.74) is 0.979. The Hall–Kier alpha value is -3.03. The Bertz CT molecular complexity index is 1090. The minimum atomic E-state index is -1.59. The Kier molecular flexibility index (Phi) is 10.4.